The van der Waals surface area contributed by atoms with Crippen molar-refractivity contribution in [3.63, 3.8) is 0 Å². The molecule has 0 radical (unpaired) electrons. The third-order valence-electron chi connectivity index (χ3n) is 2.58. The normalized spacial score (nSPS) is 10.2. The first-order chi connectivity index (χ1) is 9.20. The van der Waals surface area contributed by atoms with E-state index in [0.717, 1.165) is 11.8 Å². The Morgan fingerprint density at radius 1 is 1.37 bits per heavy atom. The third-order valence-corrected chi connectivity index (χ3v) is 2.58. The Morgan fingerprint density at radius 3 is 2.95 bits per heavy atom. The van der Waals surface area contributed by atoms with E-state index in [1.807, 2.05) is 25.2 Å². The van der Waals surface area contributed by atoms with Crippen molar-refractivity contribution in [2.24, 2.45) is 0 Å². The van der Waals surface area contributed by atoms with Crippen molar-refractivity contribution < 1.29 is 9.18 Å². The zero-order valence-corrected chi connectivity index (χ0v) is 10.5. The van der Waals surface area contributed by atoms with E-state index in [4.69, 9.17) is 0 Å². The second-order valence-electron chi connectivity index (χ2n) is 4.04. The molecule has 0 saturated heterocycles. The number of nitrogens with one attached hydrogen (secondary N) is 2. The molecule has 19 heavy (non-hydrogen) atoms. The molecule has 1 aromatic carbocycles. The zero-order chi connectivity index (χ0) is 13.7. The number of halogens is 1. The molecule has 0 aliphatic carbocycles. The van der Waals surface area contributed by atoms with Gasteiger partial charge in [0.2, 0.25) is 0 Å². The summed E-state index contributed by atoms with van der Waals surface area (Å²) in [5, 5.41) is 5.69. The molecular formula is C14H14FN3O. The van der Waals surface area contributed by atoms with Gasteiger partial charge in [-0.3, -0.25) is 9.78 Å². The number of hydrogen-bond donors (Lipinski definition) is 2. The molecule has 2 N–H and O–H groups in total. The molecule has 0 aliphatic heterocycles. The van der Waals surface area contributed by atoms with Gasteiger partial charge in [-0.2, -0.15) is 0 Å². The van der Waals surface area contributed by atoms with Gasteiger partial charge in [-0.05, 0) is 30.8 Å². The monoisotopic (exact) mass is 259 g/mol. The molecule has 0 atom stereocenters. The Kier molecular flexibility index (Phi) is 4.20. The number of nitrogens with zero attached hydrogens (tertiary/aromatic N) is 1. The van der Waals surface area contributed by atoms with Crippen LogP contribution < -0.4 is 10.6 Å². The van der Waals surface area contributed by atoms with Gasteiger partial charge in [0.25, 0.3) is 5.91 Å². The van der Waals surface area contributed by atoms with Crippen molar-refractivity contribution in [1.82, 2.24) is 10.3 Å². The zero-order valence-electron chi connectivity index (χ0n) is 10.5. The Labute approximate surface area is 110 Å². The highest BCUT2D eigenvalue weighted by molar-refractivity contribution is 6.04. The van der Waals surface area contributed by atoms with Crippen molar-refractivity contribution in [3.05, 3.63) is 59.7 Å². The van der Waals surface area contributed by atoms with E-state index >= 15 is 0 Å². The van der Waals surface area contributed by atoms with Crippen LogP contribution in [0.2, 0.25) is 0 Å². The first kappa shape index (κ1) is 13.2. The lowest BCUT2D eigenvalue weighted by Gasteiger charge is -2.07. The summed E-state index contributed by atoms with van der Waals surface area (Å²) in [7, 11) is 1.84. The number of benzene rings is 1. The van der Waals surface area contributed by atoms with Crippen molar-refractivity contribution in [1.29, 1.82) is 0 Å². The van der Waals surface area contributed by atoms with Gasteiger partial charge in [0.05, 0.1) is 11.8 Å². The van der Waals surface area contributed by atoms with Crippen molar-refractivity contribution in [2.45, 2.75) is 6.54 Å². The topological polar surface area (TPSA) is 54.0 Å². The average Bonchev–Trinajstić information content (AvgIpc) is 2.40. The van der Waals surface area contributed by atoms with E-state index in [0.29, 0.717) is 12.2 Å². The van der Waals surface area contributed by atoms with Gasteiger partial charge in [0.1, 0.15) is 0 Å². The van der Waals surface area contributed by atoms with E-state index < -0.39 is 11.7 Å². The van der Waals surface area contributed by atoms with Crippen LogP contribution in [0.15, 0.2) is 42.7 Å². The number of carbonyl (C=O) groups is 1. The molecule has 0 spiro atoms. The lowest BCUT2D eigenvalue weighted by atomic mass is 10.2. The molecule has 2 rings (SSSR count). The molecule has 1 aromatic heterocycles. The van der Waals surface area contributed by atoms with E-state index in [2.05, 4.69) is 15.6 Å². The van der Waals surface area contributed by atoms with Gasteiger partial charge in [0, 0.05) is 18.4 Å². The summed E-state index contributed by atoms with van der Waals surface area (Å²) in [6.07, 6.45) is 2.40. The van der Waals surface area contributed by atoms with Crippen LogP contribution in [0, 0.1) is 5.82 Å². The van der Waals surface area contributed by atoms with E-state index in [-0.39, 0.29) is 5.56 Å². The fourth-order valence-corrected chi connectivity index (χ4v) is 1.72. The van der Waals surface area contributed by atoms with Crippen LogP contribution in [0.25, 0.3) is 0 Å². The summed E-state index contributed by atoms with van der Waals surface area (Å²) in [5.74, 6) is -1.12. The van der Waals surface area contributed by atoms with E-state index in [9.17, 15) is 9.18 Å². The van der Waals surface area contributed by atoms with Crippen LogP contribution in [-0.4, -0.2) is 17.9 Å². The second-order valence-corrected chi connectivity index (χ2v) is 4.04. The first-order valence-electron chi connectivity index (χ1n) is 5.85. The maximum Gasteiger partial charge on any atom is 0.258 e. The number of carbonyl (C=O) groups excluding carboxylic acids is 1. The molecular weight excluding hydrogens is 245 g/mol. The molecule has 2 aromatic rings. The molecule has 0 saturated carbocycles. The quantitative estimate of drug-likeness (QED) is 0.885. The maximum atomic E-state index is 13.4. The highest BCUT2D eigenvalue weighted by Gasteiger charge is 2.11. The number of hydrogen-bond acceptors (Lipinski definition) is 3. The van der Waals surface area contributed by atoms with Gasteiger partial charge in [-0.1, -0.05) is 12.1 Å². The molecule has 1 heterocycles. The minimum absolute atomic E-state index is 0.0194. The first-order valence-corrected chi connectivity index (χ1v) is 5.85. The number of pyridine rings is 1. The Bertz CT molecular complexity index is 586. The fraction of sp³-hybridized carbons (Fsp3) is 0.143. The van der Waals surface area contributed by atoms with Crippen LogP contribution in [0.3, 0.4) is 0 Å². The number of aromatic nitrogens is 1. The molecule has 1 amide bonds. The van der Waals surface area contributed by atoms with Gasteiger partial charge in [-0.25, -0.2) is 4.39 Å². The summed E-state index contributed by atoms with van der Waals surface area (Å²) in [6.45, 7) is 0.702. The highest BCUT2D eigenvalue weighted by atomic mass is 19.1. The number of rotatable bonds is 4. The van der Waals surface area contributed by atoms with Crippen LogP contribution in [0.4, 0.5) is 10.1 Å². The minimum atomic E-state index is -0.633. The standard InChI is InChI=1S/C14H14FN3O/c1-16-8-10-3-2-4-11(7-10)18-14(19)12-5-6-17-9-13(12)15/h2-7,9,16H,8H2,1H3,(H,18,19). The van der Waals surface area contributed by atoms with Crippen molar-refractivity contribution >= 4 is 11.6 Å². The van der Waals surface area contributed by atoms with Gasteiger partial charge in [-0.15, -0.1) is 0 Å². The summed E-state index contributed by atoms with van der Waals surface area (Å²) >= 11 is 0. The van der Waals surface area contributed by atoms with Crippen LogP contribution in [0.1, 0.15) is 15.9 Å². The lowest BCUT2D eigenvalue weighted by molar-refractivity contribution is 0.102. The molecule has 0 aliphatic rings. The van der Waals surface area contributed by atoms with Crippen LogP contribution in [-0.2, 0) is 6.54 Å². The fourth-order valence-electron chi connectivity index (χ4n) is 1.72. The molecule has 0 bridgehead atoms. The molecule has 5 heteroatoms. The molecule has 4 nitrogen and oxygen atoms in total. The van der Waals surface area contributed by atoms with Gasteiger partial charge < -0.3 is 10.6 Å². The van der Waals surface area contributed by atoms with Crippen LogP contribution in [0.5, 0.6) is 0 Å². The lowest BCUT2D eigenvalue weighted by Crippen LogP contribution is -2.14. The van der Waals surface area contributed by atoms with Gasteiger partial charge in [0.15, 0.2) is 5.82 Å². The third kappa shape index (κ3) is 3.35. The molecule has 0 unspecified atom stereocenters. The SMILES string of the molecule is CNCc1cccc(NC(=O)c2ccncc2F)c1. The molecule has 0 fully saturated rings. The van der Waals surface area contributed by atoms with Crippen LogP contribution >= 0.6 is 0 Å². The van der Waals surface area contributed by atoms with Crippen molar-refractivity contribution in [3.8, 4) is 0 Å². The maximum absolute atomic E-state index is 13.4. The summed E-state index contributed by atoms with van der Waals surface area (Å²) in [6, 6.07) is 8.73. The number of amides is 1. The Balaban J connectivity index is 2.15. The average molecular weight is 259 g/mol. The second kappa shape index (κ2) is 6.06. The summed E-state index contributed by atoms with van der Waals surface area (Å²) in [5.41, 5.74) is 1.65. The van der Waals surface area contributed by atoms with Gasteiger partial charge >= 0.3 is 0 Å². The molecule has 98 valence electrons. The Morgan fingerprint density at radius 2 is 2.21 bits per heavy atom. The number of anilines is 1. The highest BCUT2D eigenvalue weighted by Crippen LogP contribution is 2.13. The summed E-state index contributed by atoms with van der Waals surface area (Å²) in [4.78, 5) is 15.5. The van der Waals surface area contributed by atoms with E-state index in [1.165, 1.54) is 12.3 Å². The smallest absolute Gasteiger partial charge is 0.258 e. The minimum Gasteiger partial charge on any atom is -0.322 e. The predicted octanol–water partition coefficient (Wildman–Crippen LogP) is 2.19. The largest absolute Gasteiger partial charge is 0.322 e. The van der Waals surface area contributed by atoms with Crippen molar-refractivity contribution in [2.75, 3.05) is 12.4 Å². The summed E-state index contributed by atoms with van der Waals surface area (Å²) < 4.78 is 13.4. The Hall–Kier alpha value is -2.27. The van der Waals surface area contributed by atoms with E-state index in [1.54, 1.807) is 6.07 Å². The predicted molar refractivity (Wildman–Crippen MR) is 71.4 cm³/mol.